The van der Waals surface area contributed by atoms with Crippen LogP contribution in [0.3, 0.4) is 0 Å². The number of para-hydroxylation sites is 1. The van der Waals surface area contributed by atoms with Crippen LogP contribution in [0.2, 0.25) is 0 Å². The summed E-state index contributed by atoms with van der Waals surface area (Å²) in [5.41, 5.74) is 3.95. The zero-order valence-electron chi connectivity index (χ0n) is 18.2. The van der Waals surface area contributed by atoms with Crippen LogP contribution in [-0.4, -0.2) is 34.4 Å². The first-order valence-electron chi connectivity index (χ1n) is 10.2. The molecule has 3 rings (SSSR count). The molecule has 3 aromatic rings. The maximum absolute atomic E-state index is 12.5. The van der Waals surface area contributed by atoms with Crippen molar-refractivity contribution in [3.05, 3.63) is 71.5 Å². The topological polar surface area (TPSA) is 82.4 Å². The highest BCUT2D eigenvalue weighted by atomic mass is 16.5. The molecule has 7 nitrogen and oxygen atoms in total. The first-order valence-corrected chi connectivity index (χ1v) is 10.2. The van der Waals surface area contributed by atoms with E-state index in [1.54, 1.807) is 35.9 Å². The highest BCUT2D eigenvalue weighted by Gasteiger charge is 2.21. The van der Waals surface area contributed by atoms with E-state index in [1.807, 2.05) is 51.1 Å². The van der Waals surface area contributed by atoms with Crippen molar-refractivity contribution >= 4 is 17.6 Å². The fourth-order valence-corrected chi connectivity index (χ4v) is 3.23. The number of carbonyl (C=O) groups excluding carboxylic acids is 2. The zero-order valence-corrected chi connectivity index (χ0v) is 18.2. The van der Waals surface area contributed by atoms with Crippen LogP contribution in [0, 0.1) is 13.8 Å². The number of amides is 1. The summed E-state index contributed by atoms with van der Waals surface area (Å²) in [5, 5.41) is 7.28. The molecule has 1 atom stereocenters. The third-order valence-electron chi connectivity index (χ3n) is 4.87. The van der Waals surface area contributed by atoms with Crippen molar-refractivity contribution in [3.63, 3.8) is 0 Å². The third kappa shape index (κ3) is 5.51. The minimum Gasteiger partial charge on any atom is -0.494 e. The van der Waals surface area contributed by atoms with Crippen LogP contribution in [-0.2, 0) is 20.7 Å². The van der Waals surface area contributed by atoms with Gasteiger partial charge < -0.3 is 14.8 Å². The molecule has 7 heteroatoms. The van der Waals surface area contributed by atoms with E-state index in [4.69, 9.17) is 9.47 Å². The van der Waals surface area contributed by atoms with E-state index >= 15 is 0 Å². The second-order valence-electron chi connectivity index (χ2n) is 7.15. The average molecular weight is 421 g/mol. The largest absolute Gasteiger partial charge is 0.494 e. The van der Waals surface area contributed by atoms with Gasteiger partial charge in [-0.3, -0.25) is 9.59 Å². The molecular formula is C24H27N3O4. The van der Waals surface area contributed by atoms with Gasteiger partial charge in [-0.1, -0.05) is 18.2 Å². The summed E-state index contributed by atoms with van der Waals surface area (Å²) in [4.78, 5) is 24.9. The first-order chi connectivity index (χ1) is 14.9. The molecule has 0 aliphatic heterocycles. The Balaban J connectivity index is 1.60. The Morgan fingerprint density at radius 2 is 1.74 bits per heavy atom. The monoisotopic (exact) mass is 421 g/mol. The van der Waals surface area contributed by atoms with Gasteiger partial charge >= 0.3 is 5.97 Å². The second-order valence-corrected chi connectivity index (χ2v) is 7.15. The number of benzene rings is 2. The van der Waals surface area contributed by atoms with E-state index < -0.39 is 18.0 Å². The number of aromatic nitrogens is 2. The van der Waals surface area contributed by atoms with Crippen molar-refractivity contribution in [2.24, 2.45) is 0 Å². The number of nitrogens with zero attached hydrogens (tertiary/aromatic N) is 2. The number of anilines is 1. The molecule has 1 N–H and O–H groups in total. The number of rotatable bonds is 8. The first kappa shape index (κ1) is 22.1. The molecule has 31 heavy (non-hydrogen) atoms. The fourth-order valence-electron chi connectivity index (χ4n) is 3.23. The molecule has 0 aliphatic carbocycles. The van der Waals surface area contributed by atoms with Crippen LogP contribution in [0.5, 0.6) is 5.75 Å². The molecule has 0 fully saturated rings. The van der Waals surface area contributed by atoms with Crippen molar-refractivity contribution < 1.29 is 19.1 Å². The highest BCUT2D eigenvalue weighted by molar-refractivity contribution is 5.95. The summed E-state index contributed by atoms with van der Waals surface area (Å²) < 4.78 is 12.6. The molecule has 0 radical (unpaired) electrons. The van der Waals surface area contributed by atoms with Crippen molar-refractivity contribution in [1.29, 1.82) is 0 Å². The van der Waals surface area contributed by atoms with Crippen molar-refractivity contribution in [3.8, 4) is 11.4 Å². The summed E-state index contributed by atoms with van der Waals surface area (Å²) in [6, 6.07) is 16.7. The van der Waals surface area contributed by atoms with Gasteiger partial charge in [0.1, 0.15) is 5.75 Å². The summed E-state index contributed by atoms with van der Waals surface area (Å²) in [6.45, 7) is 7.80. The normalized spacial score (nSPS) is 11.6. The molecule has 0 bridgehead atoms. The number of esters is 1. The standard InChI is InChI=1S/C24H27N3O4/c1-5-30-21-13-11-19(12-14-21)25-24(29)18(4)31-23(28)15-22-16(2)26-27(17(22)3)20-9-7-6-8-10-20/h6-14,18H,5,15H2,1-4H3,(H,25,29)/t18-/m0/s1. The lowest BCUT2D eigenvalue weighted by Gasteiger charge is -2.14. The van der Waals surface area contributed by atoms with Crippen molar-refractivity contribution in [2.75, 3.05) is 11.9 Å². The van der Waals surface area contributed by atoms with Gasteiger partial charge in [0.05, 0.1) is 24.4 Å². The van der Waals surface area contributed by atoms with Crippen molar-refractivity contribution in [2.45, 2.75) is 40.2 Å². The minimum absolute atomic E-state index is 0.0468. The van der Waals surface area contributed by atoms with Crippen LogP contribution in [0.1, 0.15) is 30.8 Å². The maximum atomic E-state index is 12.5. The quantitative estimate of drug-likeness (QED) is 0.556. The Bertz CT molecular complexity index is 1040. The van der Waals surface area contributed by atoms with Gasteiger partial charge in [-0.05, 0) is 64.1 Å². The van der Waals surface area contributed by atoms with Gasteiger partial charge in [-0.15, -0.1) is 0 Å². The van der Waals surface area contributed by atoms with E-state index in [2.05, 4.69) is 10.4 Å². The Kier molecular flexibility index (Phi) is 7.07. The van der Waals surface area contributed by atoms with Gasteiger partial charge in [-0.2, -0.15) is 5.10 Å². The van der Waals surface area contributed by atoms with E-state index in [-0.39, 0.29) is 6.42 Å². The minimum atomic E-state index is -0.927. The number of ether oxygens (including phenoxy) is 2. The number of nitrogens with one attached hydrogen (secondary N) is 1. The number of carbonyl (C=O) groups is 2. The van der Waals surface area contributed by atoms with Gasteiger partial charge in [0, 0.05) is 16.9 Å². The summed E-state index contributed by atoms with van der Waals surface area (Å²) in [5.74, 6) is -0.152. The van der Waals surface area contributed by atoms with Gasteiger partial charge in [0.25, 0.3) is 5.91 Å². The lowest BCUT2D eigenvalue weighted by Crippen LogP contribution is -2.30. The Hall–Kier alpha value is -3.61. The van der Waals surface area contributed by atoms with E-state index in [0.717, 1.165) is 28.4 Å². The fraction of sp³-hybridized carbons (Fsp3) is 0.292. The highest BCUT2D eigenvalue weighted by Crippen LogP contribution is 2.19. The molecule has 0 saturated carbocycles. The number of aryl methyl sites for hydroxylation is 1. The van der Waals surface area contributed by atoms with E-state index in [9.17, 15) is 9.59 Å². The van der Waals surface area contributed by atoms with Gasteiger partial charge in [-0.25, -0.2) is 4.68 Å². The molecule has 1 amide bonds. The third-order valence-corrected chi connectivity index (χ3v) is 4.87. The van der Waals surface area contributed by atoms with E-state index in [0.29, 0.717) is 12.3 Å². The van der Waals surface area contributed by atoms with Gasteiger partial charge in [0.15, 0.2) is 6.10 Å². The Morgan fingerprint density at radius 3 is 2.39 bits per heavy atom. The summed E-state index contributed by atoms with van der Waals surface area (Å²) in [7, 11) is 0. The van der Waals surface area contributed by atoms with Crippen LogP contribution in [0.15, 0.2) is 54.6 Å². The molecule has 0 unspecified atom stereocenters. The lowest BCUT2D eigenvalue weighted by atomic mass is 10.1. The lowest BCUT2D eigenvalue weighted by molar-refractivity contribution is -0.152. The SMILES string of the molecule is CCOc1ccc(NC(=O)[C@H](C)OC(=O)Cc2c(C)nn(-c3ccccc3)c2C)cc1. The molecular weight excluding hydrogens is 394 g/mol. The van der Waals surface area contributed by atoms with Crippen LogP contribution in [0.25, 0.3) is 5.69 Å². The Morgan fingerprint density at radius 1 is 1.06 bits per heavy atom. The Labute approximate surface area is 182 Å². The molecule has 0 aliphatic rings. The van der Waals surface area contributed by atoms with Gasteiger partial charge in [0.2, 0.25) is 0 Å². The number of hydrogen-bond donors (Lipinski definition) is 1. The molecule has 0 spiro atoms. The van der Waals surface area contributed by atoms with Crippen LogP contribution < -0.4 is 10.1 Å². The molecule has 162 valence electrons. The zero-order chi connectivity index (χ0) is 22.4. The number of hydrogen-bond acceptors (Lipinski definition) is 5. The van der Waals surface area contributed by atoms with Crippen LogP contribution >= 0.6 is 0 Å². The summed E-state index contributed by atoms with van der Waals surface area (Å²) >= 11 is 0. The van der Waals surface area contributed by atoms with E-state index in [1.165, 1.54) is 0 Å². The van der Waals surface area contributed by atoms with Crippen LogP contribution in [0.4, 0.5) is 5.69 Å². The second kappa shape index (κ2) is 9.93. The van der Waals surface area contributed by atoms with Crippen molar-refractivity contribution in [1.82, 2.24) is 9.78 Å². The molecule has 0 saturated heterocycles. The molecule has 1 heterocycles. The molecule has 1 aromatic heterocycles. The maximum Gasteiger partial charge on any atom is 0.311 e. The predicted molar refractivity (Wildman–Crippen MR) is 119 cm³/mol. The molecule has 2 aromatic carbocycles. The predicted octanol–water partition coefficient (Wildman–Crippen LogP) is 4.00. The summed E-state index contributed by atoms with van der Waals surface area (Å²) in [6.07, 6.45) is -0.880. The average Bonchev–Trinajstić information content (AvgIpc) is 3.04. The smallest absolute Gasteiger partial charge is 0.311 e.